The molecular weight excluding hydrogens is 368 g/mol. The fourth-order valence-corrected chi connectivity index (χ4v) is 3.44. The predicted octanol–water partition coefficient (Wildman–Crippen LogP) is 3.91. The highest BCUT2D eigenvalue weighted by molar-refractivity contribution is 5.96. The van der Waals surface area contributed by atoms with Crippen LogP contribution in [0.4, 0.5) is 10.5 Å². The maximum atomic E-state index is 12.5. The second-order valence-corrected chi connectivity index (χ2v) is 7.95. The van der Waals surface area contributed by atoms with Crippen LogP contribution in [0.25, 0.3) is 0 Å². The molecule has 2 aromatic rings. The SMILES string of the molecule is CC(OC(C)(C)CNC(=O)OCc1ccccc1)C1Cc2ccccc2NC1=O. The van der Waals surface area contributed by atoms with Gasteiger partial charge in [-0.25, -0.2) is 4.79 Å². The van der Waals surface area contributed by atoms with E-state index in [0.29, 0.717) is 6.42 Å². The van der Waals surface area contributed by atoms with Crippen molar-refractivity contribution >= 4 is 17.7 Å². The van der Waals surface area contributed by atoms with Crippen LogP contribution >= 0.6 is 0 Å². The van der Waals surface area contributed by atoms with Gasteiger partial charge in [-0.05, 0) is 44.4 Å². The quantitative estimate of drug-likeness (QED) is 0.744. The van der Waals surface area contributed by atoms with E-state index in [1.165, 1.54) is 0 Å². The Hall–Kier alpha value is -2.86. The number of hydrogen-bond acceptors (Lipinski definition) is 4. The van der Waals surface area contributed by atoms with Crippen molar-refractivity contribution in [3.63, 3.8) is 0 Å². The van der Waals surface area contributed by atoms with E-state index in [4.69, 9.17) is 9.47 Å². The third-order valence-electron chi connectivity index (χ3n) is 4.99. The molecule has 0 saturated carbocycles. The highest BCUT2D eigenvalue weighted by Gasteiger charge is 2.34. The number of para-hydroxylation sites is 1. The average molecular weight is 396 g/mol. The van der Waals surface area contributed by atoms with Gasteiger partial charge >= 0.3 is 6.09 Å². The number of carbonyl (C=O) groups excluding carboxylic acids is 2. The molecular formula is C23H28N2O4. The Kier molecular flexibility index (Phi) is 6.54. The van der Waals surface area contributed by atoms with E-state index in [1.54, 1.807) is 0 Å². The molecule has 29 heavy (non-hydrogen) atoms. The Labute approximate surface area is 171 Å². The maximum absolute atomic E-state index is 12.5. The van der Waals surface area contributed by atoms with E-state index >= 15 is 0 Å². The Morgan fingerprint density at radius 3 is 2.62 bits per heavy atom. The molecule has 0 aromatic heterocycles. The molecule has 2 unspecified atom stereocenters. The van der Waals surface area contributed by atoms with Crippen LogP contribution in [0, 0.1) is 5.92 Å². The molecule has 154 valence electrons. The summed E-state index contributed by atoms with van der Waals surface area (Å²) < 4.78 is 11.4. The largest absolute Gasteiger partial charge is 0.445 e. The summed E-state index contributed by atoms with van der Waals surface area (Å²) in [5.41, 5.74) is 2.24. The van der Waals surface area contributed by atoms with Gasteiger partial charge < -0.3 is 20.1 Å². The first-order valence-electron chi connectivity index (χ1n) is 9.85. The van der Waals surface area contributed by atoms with Crippen LogP contribution in [0.2, 0.25) is 0 Å². The molecule has 3 rings (SSSR count). The molecule has 1 heterocycles. The fourth-order valence-electron chi connectivity index (χ4n) is 3.44. The van der Waals surface area contributed by atoms with Crippen LogP contribution in [-0.4, -0.2) is 30.3 Å². The molecule has 1 aliphatic heterocycles. The van der Waals surface area contributed by atoms with Gasteiger partial charge in [-0.2, -0.15) is 0 Å². The number of nitrogens with one attached hydrogen (secondary N) is 2. The lowest BCUT2D eigenvalue weighted by molar-refractivity contribution is -0.132. The number of benzene rings is 2. The summed E-state index contributed by atoms with van der Waals surface area (Å²) in [6.45, 7) is 6.15. The standard InChI is InChI=1S/C23H28N2O4/c1-16(19-13-18-11-7-8-12-20(18)25-21(19)26)29-23(2,3)15-24-22(27)28-14-17-9-5-4-6-10-17/h4-12,16,19H,13-15H2,1-3H3,(H,24,27)(H,25,26). The minimum absolute atomic E-state index is 0.0396. The van der Waals surface area contributed by atoms with Crippen LogP contribution in [0.3, 0.4) is 0 Å². The number of ether oxygens (including phenoxy) is 2. The summed E-state index contributed by atoms with van der Waals surface area (Å²) in [5, 5.41) is 5.69. The average Bonchev–Trinajstić information content (AvgIpc) is 2.70. The Morgan fingerprint density at radius 2 is 1.86 bits per heavy atom. The molecule has 1 aliphatic rings. The van der Waals surface area contributed by atoms with E-state index in [2.05, 4.69) is 10.6 Å². The number of hydrogen-bond donors (Lipinski definition) is 2. The molecule has 0 aliphatic carbocycles. The Balaban J connectivity index is 1.48. The zero-order valence-electron chi connectivity index (χ0n) is 17.1. The van der Waals surface area contributed by atoms with Gasteiger partial charge in [0.05, 0.1) is 17.6 Å². The van der Waals surface area contributed by atoms with Crippen molar-refractivity contribution in [3.8, 4) is 0 Å². The van der Waals surface area contributed by atoms with Crippen molar-refractivity contribution in [2.45, 2.75) is 45.5 Å². The van der Waals surface area contributed by atoms with Crippen molar-refractivity contribution in [3.05, 3.63) is 65.7 Å². The van der Waals surface area contributed by atoms with Crippen LogP contribution in [0.1, 0.15) is 31.9 Å². The summed E-state index contributed by atoms with van der Waals surface area (Å²) in [7, 11) is 0. The summed E-state index contributed by atoms with van der Waals surface area (Å²) in [6.07, 6.45) is -0.172. The van der Waals surface area contributed by atoms with E-state index in [0.717, 1.165) is 16.8 Å². The van der Waals surface area contributed by atoms with Gasteiger partial charge in [0.25, 0.3) is 0 Å². The number of alkyl carbamates (subject to hydrolysis) is 1. The van der Waals surface area contributed by atoms with E-state index in [9.17, 15) is 9.59 Å². The lowest BCUT2D eigenvalue weighted by atomic mass is 9.89. The smallest absolute Gasteiger partial charge is 0.407 e. The Bertz CT molecular complexity index is 851. The fraction of sp³-hybridized carbons (Fsp3) is 0.391. The predicted molar refractivity (Wildman–Crippen MR) is 112 cm³/mol. The topological polar surface area (TPSA) is 76.7 Å². The van der Waals surface area contributed by atoms with Crippen molar-refractivity contribution in [2.24, 2.45) is 5.92 Å². The van der Waals surface area contributed by atoms with Crippen LogP contribution in [0.15, 0.2) is 54.6 Å². The molecule has 0 radical (unpaired) electrons. The number of anilines is 1. The van der Waals surface area contributed by atoms with E-state index in [1.807, 2.05) is 75.4 Å². The van der Waals surface area contributed by atoms with Gasteiger partial charge in [-0.3, -0.25) is 4.79 Å². The molecule has 0 bridgehead atoms. The lowest BCUT2D eigenvalue weighted by Crippen LogP contribution is -2.46. The maximum Gasteiger partial charge on any atom is 0.407 e. The highest BCUT2D eigenvalue weighted by Crippen LogP contribution is 2.29. The molecule has 2 aromatic carbocycles. The first-order valence-corrected chi connectivity index (χ1v) is 9.85. The number of amides is 2. The summed E-state index contributed by atoms with van der Waals surface area (Å²) in [5.74, 6) is -0.323. The first kappa shape index (κ1) is 20.9. The molecule has 2 N–H and O–H groups in total. The second kappa shape index (κ2) is 9.09. The van der Waals surface area contributed by atoms with Gasteiger partial charge in [0.15, 0.2) is 0 Å². The monoisotopic (exact) mass is 396 g/mol. The highest BCUT2D eigenvalue weighted by atomic mass is 16.5. The molecule has 0 fully saturated rings. The zero-order chi connectivity index (χ0) is 20.9. The third kappa shape index (κ3) is 5.81. The molecule has 6 heteroatoms. The molecule has 6 nitrogen and oxygen atoms in total. The molecule has 0 saturated heterocycles. The van der Waals surface area contributed by atoms with Crippen LogP contribution < -0.4 is 10.6 Å². The van der Waals surface area contributed by atoms with Crippen molar-refractivity contribution in [1.82, 2.24) is 5.32 Å². The van der Waals surface area contributed by atoms with Crippen molar-refractivity contribution in [2.75, 3.05) is 11.9 Å². The normalized spacial score (nSPS) is 17.1. The van der Waals surface area contributed by atoms with E-state index < -0.39 is 11.7 Å². The lowest BCUT2D eigenvalue weighted by Gasteiger charge is -2.35. The van der Waals surface area contributed by atoms with Gasteiger partial charge in [-0.1, -0.05) is 48.5 Å². The molecule has 2 atom stereocenters. The number of rotatable bonds is 7. The minimum atomic E-state index is -0.650. The van der Waals surface area contributed by atoms with Gasteiger partial charge in [-0.15, -0.1) is 0 Å². The Morgan fingerprint density at radius 1 is 1.17 bits per heavy atom. The minimum Gasteiger partial charge on any atom is -0.445 e. The van der Waals surface area contributed by atoms with Crippen molar-refractivity contribution in [1.29, 1.82) is 0 Å². The summed E-state index contributed by atoms with van der Waals surface area (Å²) in [6, 6.07) is 17.3. The second-order valence-electron chi connectivity index (χ2n) is 7.95. The van der Waals surface area contributed by atoms with Gasteiger partial charge in [0.2, 0.25) is 5.91 Å². The van der Waals surface area contributed by atoms with Gasteiger partial charge in [0.1, 0.15) is 6.61 Å². The summed E-state index contributed by atoms with van der Waals surface area (Å²) >= 11 is 0. The third-order valence-corrected chi connectivity index (χ3v) is 4.99. The zero-order valence-corrected chi connectivity index (χ0v) is 17.1. The molecule has 2 amide bonds. The van der Waals surface area contributed by atoms with Crippen LogP contribution in [0.5, 0.6) is 0 Å². The van der Waals surface area contributed by atoms with Gasteiger partial charge in [0, 0.05) is 12.2 Å². The van der Waals surface area contributed by atoms with Crippen LogP contribution in [-0.2, 0) is 27.3 Å². The number of carbonyl (C=O) groups is 2. The summed E-state index contributed by atoms with van der Waals surface area (Å²) in [4.78, 5) is 24.5. The van der Waals surface area contributed by atoms with Crippen molar-refractivity contribution < 1.29 is 19.1 Å². The van der Waals surface area contributed by atoms with E-state index in [-0.39, 0.29) is 31.1 Å². The molecule has 0 spiro atoms. The number of fused-ring (bicyclic) bond motifs is 1. The first-order chi connectivity index (χ1) is 13.8.